The monoisotopic (exact) mass is 255 g/mol. The summed E-state index contributed by atoms with van der Waals surface area (Å²) in [5.74, 6) is 0. The third-order valence-corrected chi connectivity index (χ3v) is 3.31. The van der Waals surface area contributed by atoms with Crippen molar-refractivity contribution in [2.24, 2.45) is 0 Å². The van der Waals surface area contributed by atoms with E-state index in [4.69, 9.17) is 0 Å². The molecular weight excluding hydrogens is 230 g/mol. The summed E-state index contributed by atoms with van der Waals surface area (Å²) in [4.78, 5) is 0. The summed E-state index contributed by atoms with van der Waals surface area (Å²) in [7, 11) is 1.98. The van der Waals surface area contributed by atoms with Crippen molar-refractivity contribution in [1.29, 1.82) is 0 Å². The molecule has 0 fully saturated rings. The van der Waals surface area contributed by atoms with Crippen molar-refractivity contribution in [3.63, 3.8) is 0 Å². The number of hydrogen-bond acceptors (Lipinski definition) is 1. The zero-order valence-corrected chi connectivity index (χ0v) is 12.7. The van der Waals surface area contributed by atoms with E-state index in [1.54, 1.807) is 0 Å². The van der Waals surface area contributed by atoms with E-state index >= 15 is 0 Å². The highest BCUT2D eigenvalue weighted by molar-refractivity contribution is 5.36. The van der Waals surface area contributed by atoms with E-state index in [0.29, 0.717) is 0 Å². The van der Waals surface area contributed by atoms with Crippen LogP contribution in [0.2, 0.25) is 0 Å². The summed E-state index contributed by atoms with van der Waals surface area (Å²) in [6.07, 6.45) is 0. The molecular formula is C18H25N. The lowest BCUT2D eigenvalue weighted by atomic mass is 10.0. The molecule has 0 amide bonds. The van der Waals surface area contributed by atoms with Gasteiger partial charge in [0.15, 0.2) is 0 Å². The van der Waals surface area contributed by atoms with Gasteiger partial charge in [-0.3, -0.25) is 0 Å². The van der Waals surface area contributed by atoms with Gasteiger partial charge in [-0.1, -0.05) is 48.0 Å². The predicted molar refractivity (Wildman–Crippen MR) is 84.6 cm³/mol. The Hall–Kier alpha value is -1.60. The second kappa shape index (κ2) is 7.75. The molecule has 1 N–H and O–H groups in total. The summed E-state index contributed by atoms with van der Waals surface area (Å²) < 4.78 is 0. The van der Waals surface area contributed by atoms with Crippen molar-refractivity contribution in [2.45, 2.75) is 34.2 Å². The normalized spacial score (nSPS) is 9.74. The van der Waals surface area contributed by atoms with Gasteiger partial charge >= 0.3 is 0 Å². The first-order chi connectivity index (χ1) is 9.04. The fourth-order valence-corrected chi connectivity index (χ4v) is 1.97. The van der Waals surface area contributed by atoms with E-state index in [1.807, 2.05) is 25.2 Å². The van der Waals surface area contributed by atoms with Crippen LogP contribution in [0, 0.1) is 27.7 Å². The van der Waals surface area contributed by atoms with Gasteiger partial charge in [0.25, 0.3) is 0 Å². The molecule has 1 heteroatoms. The minimum atomic E-state index is 0.960. The van der Waals surface area contributed by atoms with Gasteiger partial charge in [0.2, 0.25) is 0 Å². The standard InChI is InChI=1S/C11H17N.C7H8/c1-8-5-11(7-12-4)6-9(2)10(8)3;1-7-5-3-2-4-6-7/h5-6,12H,7H2,1-4H3;2-6H,1H3. The summed E-state index contributed by atoms with van der Waals surface area (Å²) >= 11 is 0. The van der Waals surface area contributed by atoms with Crippen molar-refractivity contribution in [1.82, 2.24) is 5.32 Å². The van der Waals surface area contributed by atoms with Crippen LogP contribution in [-0.4, -0.2) is 7.05 Å². The molecule has 0 aliphatic carbocycles. The van der Waals surface area contributed by atoms with Gasteiger partial charge in [-0.05, 0) is 57.0 Å². The molecule has 0 radical (unpaired) electrons. The molecule has 2 rings (SSSR count). The van der Waals surface area contributed by atoms with Crippen LogP contribution in [0.15, 0.2) is 42.5 Å². The molecule has 1 nitrogen and oxygen atoms in total. The Kier molecular flexibility index (Phi) is 6.31. The largest absolute Gasteiger partial charge is 0.316 e. The number of hydrogen-bond donors (Lipinski definition) is 1. The summed E-state index contributed by atoms with van der Waals surface area (Å²) in [6.45, 7) is 9.55. The van der Waals surface area contributed by atoms with Crippen molar-refractivity contribution in [3.8, 4) is 0 Å². The van der Waals surface area contributed by atoms with Crippen LogP contribution in [0.4, 0.5) is 0 Å². The molecule has 2 aromatic carbocycles. The molecule has 0 aliphatic rings. The first kappa shape index (κ1) is 15.5. The van der Waals surface area contributed by atoms with Gasteiger partial charge in [-0.25, -0.2) is 0 Å². The van der Waals surface area contributed by atoms with Crippen molar-refractivity contribution in [2.75, 3.05) is 7.05 Å². The number of aryl methyl sites for hydroxylation is 3. The molecule has 0 aromatic heterocycles. The van der Waals surface area contributed by atoms with Crippen LogP contribution in [0.5, 0.6) is 0 Å². The Morgan fingerprint density at radius 1 is 0.842 bits per heavy atom. The number of rotatable bonds is 2. The van der Waals surface area contributed by atoms with Crippen LogP contribution >= 0.6 is 0 Å². The number of nitrogens with one attached hydrogen (secondary N) is 1. The third-order valence-electron chi connectivity index (χ3n) is 3.31. The van der Waals surface area contributed by atoms with Crippen molar-refractivity contribution < 1.29 is 0 Å². The van der Waals surface area contributed by atoms with Gasteiger partial charge in [-0.2, -0.15) is 0 Å². The van der Waals surface area contributed by atoms with Gasteiger partial charge in [0, 0.05) is 6.54 Å². The molecule has 0 saturated heterocycles. The second-order valence-corrected chi connectivity index (χ2v) is 5.04. The minimum absolute atomic E-state index is 0.960. The van der Waals surface area contributed by atoms with Crippen LogP contribution < -0.4 is 5.32 Å². The smallest absolute Gasteiger partial charge is 0.0202 e. The molecule has 0 unspecified atom stereocenters. The molecule has 0 spiro atoms. The molecule has 0 saturated carbocycles. The van der Waals surface area contributed by atoms with Gasteiger partial charge in [0.1, 0.15) is 0 Å². The van der Waals surface area contributed by atoms with Crippen LogP contribution in [0.3, 0.4) is 0 Å². The molecule has 0 heterocycles. The van der Waals surface area contributed by atoms with Crippen molar-refractivity contribution in [3.05, 3.63) is 70.3 Å². The minimum Gasteiger partial charge on any atom is -0.316 e. The Labute approximate surface area is 117 Å². The average molecular weight is 255 g/mol. The number of benzene rings is 2. The molecule has 2 aromatic rings. The molecule has 102 valence electrons. The Bertz CT molecular complexity index is 477. The van der Waals surface area contributed by atoms with Gasteiger partial charge in [0.05, 0.1) is 0 Å². The maximum atomic E-state index is 3.16. The van der Waals surface area contributed by atoms with E-state index in [-0.39, 0.29) is 0 Å². The van der Waals surface area contributed by atoms with E-state index in [9.17, 15) is 0 Å². The summed E-state index contributed by atoms with van der Waals surface area (Å²) in [5, 5.41) is 3.16. The van der Waals surface area contributed by atoms with E-state index in [1.165, 1.54) is 27.8 Å². The van der Waals surface area contributed by atoms with E-state index in [0.717, 1.165) is 6.54 Å². The fourth-order valence-electron chi connectivity index (χ4n) is 1.97. The maximum absolute atomic E-state index is 3.16. The van der Waals surface area contributed by atoms with Gasteiger partial charge in [-0.15, -0.1) is 0 Å². The topological polar surface area (TPSA) is 12.0 Å². The zero-order chi connectivity index (χ0) is 14.3. The fraction of sp³-hybridized carbons (Fsp3) is 0.333. The Balaban J connectivity index is 0.000000218. The zero-order valence-electron chi connectivity index (χ0n) is 12.7. The molecule has 0 aliphatic heterocycles. The maximum Gasteiger partial charge on any atom is 0.0202 e. The highest BCUT2D eigenvalue weighted by atomic mass is 14.8. The van der Waals surface area contributed by atoms with Crippen LogP contribution in [0.1, 0.15) is 27.8 Å². The van der Waals surface area contributed by atoms with Crippen LogP contribution in [0.25, 0.3) is 0 Å². The third kappa shape index (κ3) is 5.27. The van der Waals surface area contributed by atoms with E-state index < -0.39 is 0 Å². The molecule has 0 atom stereocenters. The lowest BCUT2D eigenvalue weighted by Crippen LogP contribution is -2.05. The lowest BCUT2D eigenvalue weighted by molar-refractivity contribution is 0.815. The summed E-state index contributed by atoms with van der Waals surface area (Å²) in [6, 6.07) is 14.8. The first-order valence-electron chi connectivity index (χ1n) is 6.77. The van der Waals surface area contributed by atoms with Gasteiger partial charge < -0.3 is 5.32 Å². The Morgan fingerprint density at radius 2 is 1.37 bits per heavy atom. The Morgan fingerprint density at radius 3 is 1.74 bits per heavy atom. The molecule has 19 heavy (non-hydrogen) atoms. The predicted octanol–water partition coefficient (Wildman–Crippen LogP) is 4.33. The molecule has 0 bridgehead atoms. The lowest BCUT2D eigenvalue weighted by Gasteiger charge is -2.08. The average Bonchev–Trinajstić information content (AvgIpc) is 2.38. The highest BCUT2D eigenvalue weighted by Gasteiger charge is 1.99. The second-order valence-electron chi connectivity index (χ2n) is 5.04. The quantitative estimate of drug-likeness (QED) is 0.842. The first-order valence-corrected chi connectivity index (χ1v) is 6.77. The SMILES string of the molecule is CNCc1cc(C)c(C)c(C)c1.Cc1ccccc1. The van der Waals surface area contributed by atoms with E-state index in [2.05, 4.69) is 57.3 Å². The highest BCUT2D eigenvalue weighted by Crippen LogP contribution is 2.14. The summed E-state index contributed by atoms with van der Waals surface area (Å²) in [5.41, 5.74) is 6.89. The van der Waals surface area contributed by atoms with Crippen LogP contribution in [-0.2, 0) is 6.54 Å². The van der Waals surface area contributed by atoms with Crippen molar-refractivity contribution >= 4 is 0 Å².